The summed E-state index contributed by atoms with van der Waals surface area (Å²) in [5.74, 6) is 2.15. The van der Waals surface area contributed by atoms with Crippen LogP contribution in [0, 0.1) is 12.8 Å². The fourth-order valence-electron chi connectivity index (χ4n) is 4.44. The quantitative estimate of drug-likeness (QED) is 0.345. The van der Waals surface area contributed by atoms with E-state index in [-0.39, 0.29) is 12.0 Å². The van der Waals surface area contributed by atoms with Gasteiger partial charge in [-0.1, -0.05) is 19.9 Å². The SMILES string of the molecule is Cc1cccc2nc(CNc3cc(NC[C@H]4CCNC[C@@H]4O)nc4c(C(C)C)cnn34)cn12. The molecule has 0 amide bonds. The lowest BCUT2D eigenvalue weighted by Crippen LogP contribution is -2.43. The maximum absolute atomic E-state index is 10.3. The molecule has 1 saturated heterocycles. The second-order valence-electron chi connectivity index (χ2n) is 9.20. The summed E-state index contributed by atoms with van der Waals surface area (Å²) in [6.07, 6.45) is 4.56. The lowest BCUT2D eigenvalue weighted by Gasteiger charge is -2.28. The van der Waals surface area contributed by atoms with Gasteiger partial charge in [-0.15, -0.1) is 0 Å². The van der Waals surface area contributed by atoms with Gasteiger partial charge >= 0.3 is 0 Å². The van der Waals surface area contributed by atoms with Gasteiger partial charge in [0, 0.05) is 42.5 Å². The van der Waals surface area contributed by atoms with Crippen molar-refractivity contribution in [1.82, 2.24) is 29.3 Å². The predicted molar refractivity (Wildman–Crippen MR) is 130 cm³/mol. The Balaban J connectivity index is 1.41. The summed E-state index contributed by atoms with van der Waals surface area (Å²) < 4.78 is 3.96. The normalized spacial score (nSPS) is 18.9. The molecule has 174 valence electrons. The van der Waals surface area contributed by atoms with Crippen molar-refractivity contribution in [2.75, 3.05) is 30.3 Å². The predicted octanol–water partition coefficient (Wildman–Crippen LogP) is 2.80. The van der Waals surface area contributed by atoms with Crippen molar-refractivity contribution in [2.24, 2.45) is 5.92 Å². The van der Waals surface area contributed by atoms with Crippen molar-refractivity contribution < 1.29 is 5.11 Å². The number of hydrogen-bond donors (Lipinski definition) is 4. The Morgan fingerprint density at radius 2 is 2.12 bits per heavy atom. The van der Waals surface area contributed by atoms with E-state index < -0.39 is 0 Å². The molecule has 5 rings (SSSR count). The Morgan fingerprint density at radius 3 is 2.91 bits per heavy atom. The molecular weight excluding hydrogens is 416 g/mol. The summed E-state index contributed by atoms with van der Waals surface area (Å²) >= 11 is 0. The van der Waals surface area contributed by atoms with Gasteiger partial charge in [0.2, 0.25) is 0 Å². The second-order valence-corrected chi connectivity index (χ2v) is 9.20. The average molecular weight is 449 g/mol. The van der Waals surface area contributed by atoms with Crippen LogP contribution in [0.1, 0.15) is 43.1 Å². The fourth-order valence-corrected chi connectivity index (χ4v) is 4.44. The monoisotopic (exact) mass is 448 g/mol. The third-order valence-electron chi connectivity index (χ3n) is 6.45. The van der Waals surface area contributed by atoms with E-state index >= 15 is 0 Å². The second kappa shape index (κ2) is 8.99. The van der Waals surface area contributed by atoms with Crippen LogP contribution in [0.25, 0.3) is 11.3 Å². The summed E-state index contributed by atoms with van der Waals surface area (Å²) in [6.45, 7) is 9.21. The maximum Gasteiger partial charge on any atom is 0.163 e. The first kappa shape index (κ1) is 21.7. The lowest BCUT2D eigenvalue weighted by atomic mass is 9.95. The number of rotatable bonds is 7. The fraction of sp³-hybridized carbons (Fsp3) is 0.458. The number of anilines is 2. The van der Waals surface area contributed by atoms with Gasteiger partial charge in [-0.05, 0) is 37.9 Å². The Labute approximate surface area is 193 Å². The van der Waals surface area contributed by atoms with Crippen molar-refractivity contribution in [2.45, 2.75) is 45.8 Å². The Bertz CT molecular complexity index is 1260. The van der Waals surface area contributed by atoms with Gasteiger partial charge in [-0.25, -0.2) is 9.97 Å². The van der Waals surface area contributed by atoms with Crippen molar-refractivity contribution in [1.29, 1.82) is 0 Å². The van der Waals surface area contributed by atoms with Crippen LogP contribution < -0.4 is 16.0 Å². The number of aryl methyl sites for hydroxylation is 1. The van der Waals surface area contributed by atoms with Crippen molar-refractivity contribution >= 4 is 22.9 Å². The van der Waals surface area contributed by atoms with Crippen LogP contribution in [0.3, 0.4) is 0 Å². The Hall–Kier alpha value is -3.17. The first-order valence-corrected chi connectivity index (χ1v) is 11.7. The van der Waals surface area contributed by atoms with Crippen LogP contribution in [0.15, 0.2) is 36.7 Å². The topological polar surface area (TPSA) is 104 Å². The molecule has 9 nitrogen and oxygen atoms in total. The first-order valence-electron chi connectivity index (χ1n) is 11.7. The number of fused-ring (bicyclic) bond motifs is 2. The van der Waals surface area contributed by atoms with E-state index in [0.29, 0.717) is 25.6 Å². The standard InChI is InChI=1S/C24H32N8O/c1-15(2)19-12-28-32-23(27-11-18-14-31-16(3)5-4-6-22(31)29-18)9-21(30-24(19)32)26-10-17-7-8-25-13-20(17)33/h4-6,9,12,14-15,17,20,25,27,33H,7-8,10-11,13H2,1-3H3,(H,26,30)/t17-,20+/m1/s1. The molecule has 0 aliphatic carbocycles. The molecule has 0 spiro atoms. The summed E-state index contributed by atoms with van der Waals surface area (Å²) in [6, 6.07) is 8.10. The van der Waals surface area contributed by atoms with E-state index in [0.717, 1.165) is 52.8 Å². The number of aliphatic hydroxyl groups excluding tert-OH is 1. The van der Waals surface area contributed by atoms with Crippen LogP contribution in [-0.4, -0.2) is 54.8 Å². The van der Waals surface area contributed by atoms with E-state index in [1.165, 1.54) is 0 Å². The van der Waals surface area contributed by atoms with Gasteiger partial charge in [0.15, 0.2) is 5.65 Å². The van der Waals surface area contributed by atoms with E-state index in [9.17, 15) is 5.11 Å². The highest BCUT2D eigenvalue weighted by molar-refractivity contribution is 5.61. The number of β-amino-alcohol motifs (C(OH)–C–C–N with tert-alkyl or cyclic N) is 1. The smallest absolute Gasteiger partial charge is 0.163 e. The van der Waals surface area contributed by atoms with Gasteiger partial charge in [0.25, 0.3) is 0 Å². The van der Waals surface area contributed by atoms with Gasteiger partial charge < -0.3 is 25.5 Å². The highest BCUT2D eigenvalue weighted by Crippen LogP contribution is 2.25. The minimum Gasteiger partial charge on any atom is -0.391 e. The Morgan fingerprint density at radius 1 is 1.24 bits per heavy atom. The largest absolute Gasteiger partial charge is 0.391 e. The molecule has 4 aromatic rings. The molecule has 0 aromatic carbocycles. The zero-order chi connectivity index (χ0) is 22.9. The molecule has 1 aliphatic rings. The van der Waals surface area contributed by atoms with Crippen LogP contribution >= 0.6 is 0 Å². The third-order valence-corrected chi connectivity index (χ3v) is 6.45. The number of piperidine rings is 1. The van der Waals surface area contributed by atoms with Crippen LogP contribution in [-0.2, 0) is 6.54 Å². The molecular formula is C24H32N8O. The van der Waals surface area contributed by atoms with Gasteiger partial charge in [0.05, 0.1) is 24.5 Å². The number of imidazole rings is 1. The van der Waals surface area contributed by atoms with Crippen LogP contribution in [0.5, 0.6) is 0 Å². The lowest BCUT2D eigenvalue weighted by molar-refractivity contribution is 0.0883. The minimum absolute atomic E-state index is 0.205. The Kier molecular flexibility index (Phi) is 5.90. The number of pyridine rings is 1. The third kappa shape index (κ3) is 4.38. The minimum atomic E-state index is -0.340. The molecule has 2 atom stereocenters. The summed E-state index contributed by atoms with van der Waals surface area (Å²) in [5, 5.41) is 25.1. The van der Waals surface area contributed by atoms with Gasteiger partial charge in [0.1, 0.15) is 17.3 Å². The number of aliphatic hydroxyl groups is 1. The molecule has 4 aromatic heterocycles. The van der Waals surface area contributed by atoms with Crippen LogP contribution in [0.2, 0.25) is 0 Å². The van der Waals surface area contributed by atoms with E-state index in [1.54, 1.807) is 0 Å². The highest BCUT2D eigenvalue weighted by atomic mass is 16.3. The molecule has 33 heavy (non-hydrogen) atoms. The molecule has 1 aliphatic heterocycles. The van der Waals surface area contributed by atoms with Crippen molar-refractivity contribution in [3.63, 3.8) is 0 Å². The molecule has 0 saturated carbocycles. The number of hydrogen-bond acceptors (Lipinski definition) is 7. The van der Waals surface area contributed by atoms with Gasteiger partial charge in [-0.3, -0.25) is 0 Å². The van der Waals surface area contributed by atoms with E-state index in [1.807, 2.05) is 28.9 Å². The van der Waals surface area contributed by atoms with E-state index in [4.69, 9.17) is 9.97 Å². The molecule has 9 heteroatoms. The number of nitrogens with zero attached hydrogens (tertiary/aromatic N) is 5. The zero-order valence-electron chi connectivity index (χ0n) is 19.4. The van der Waals surface area contributed by atoms with Gasteiger partial charge in [-0.2, -0.15) is 9.61 Å². The average Bonchev–Trinajstić information content (AvgIpc) is 3.42. The molecule has 1 fully saturated rings. The zero-order valence-corrected chi connectivity index (χ0v) is 19.4. The first-order chi connectivity index (χ1) is 16.0. The number of aromatic nitrogens is 5. The summed E-state index contributed by atoms with van der Waals surface area (Å²) in [5.41, 5.74) is 4.99. The molecule has 0 bridgehead atoms. The molecule has 5 heterocycles. The van der Waals surface area contributed by atoms with Crippen molar-refractivity contribution in [3.8, 4) is 0 Å². The maximum atomic E-state index is 10.3. The molecule has 4 N–H and O–H groups in total. The molecule has 0 radical (unpaired) electrons. The number of nitrogens with one attached hydrogen (secondary N) is 3. The summed E-state index contributed by atoms with van der Waals surface area (Å²) in [7, 11) is 0. The van der Waals surface area contributed by atoms with Crippen LogP contribution in [0.4, 0.5) is 11.6 Å². The summed E-state index contributed by atoms with van der Waals surface area (Å²) in [4.78, 5) is 9.60. The van der Waals surface area contributed by atoms with Crippen molar-refractivity contribution in [3.05, 3.63) is 53.6 Å². The van der Waals surface area contributed by atoms with E-state index in [2.05, 4.69) is 58.5 Å². The highest BCUT2D eigenvalue weighted by Gasteiger charge is 2.23. The molecule has 0 unspecified atom stereocenters.